The lowest BCUT2D eigenvalue weighted by atomic mass is 10.0. The lowest BCUT2D eigenvalue weighted by molar-refractivity contribution is 0.214. The number of rotatable bonds is 5. The number of nitrogens with one attached hydrogen (secondary N) is 2. The number of ether oxygens (including phenoxy) is 1. The molecule has 1 heterocycles. The fourth-order valence-corrected chi connectivity index (χ4v) is 2.56. The molecule has 0 bridgehead atoms. The van der Waals surface area contributed by atoms with E-state index in [2.05, 4.69) is 36.4 Å². The highest BCUT2D eigenvalue weighted by atomic mass is 35.5. The van der Waals surface area contributed by atoms with Crippen LogP contribution in [-0.2, 0) is 0 Å². The molecule has 1 aromatic carbocycles. The number of thiazole rings is 1. The van der Waals surface area contributed by atoms with Crippen molar-refractivity contribution in [2.75, 3.05) is 10.6 Å². The molecule has 0 spiro atoms. The standard InChI is InChI=1S/C15H18ClN3O2S/c1-4-15(2,3)19-13-12(17-9-22-13)21-14(20)18-11-7-5-6-10(16)8-11/h5-9,19H,4H2,1-3H3,(H,18,20). The van der Waals surface area contributed by atoms with Gasteiger partial charge in [0.2, 0.25) is 0 Å². The third-order valence-corrected chi connectivity index (χ3v) is 4.09. The lowest BCUT2D eigenvalue weighted by Gasteiger charge is -2.24. The number of anilines is 2. The fraction of sp³-hybridized carbons (Fsp3) is 0.333. The van der Waals surface area contributed by atoms with E-state index >= 15 is 0 Å². The summed E-state index contributed by atoms with van der Waals surface area (Å²) >= 11 is 7.27. The first kappa shape index (κ1) is 16.6. The monoisotopic (exact) mass is 339 g/mol. The van der Waals surface area contributed by atoms with Crippen LogP contribution in [0.2, 0.25) is 5.02 Å². The molecule has 0 aliphatic carbocycles. The molecule has 1 amide bonds. The quantitative estimate of drug-likeness (QED) is 0.803. The SMILES string of the molecule is CCC(C)(C)Nc1scnc1OC(=O)Nc1cccc(Cl)c1. The van der Waals surface area contributed by atoms with Crippen LogP contribution in [0.5, 0.6) is 5.88 Å². The van der Waals surface area contributed by atoms with Crippen molar-refractivity contribution in [2.24, 2.45) is 0 Å². The summed E-state index contributed by atoms with van der Waals surface area (Å²) in [5.74, 6) is 0.269. The molecule has 0 radical (unpaired) electrons. The van der Waals surface area contributed by atoms with E-state index in [0.717, 1.165) is 11.4 Å². The Labute approximate surface area is 138 Å². The van der Waals surface area contributed by atoms with Crippen molar-refractivity contribution in [3.63, 3.8) is 0 Å². The van der Waals surface area contributed by atoms with Crippen LogP contribution in [0.4, 0.5) is 15.5 Å². The zero-order valence-electron chi connectivity index (χ0n) is 12.6. The molecule has 0 saturated carbocycles. The number of hydrogen-bond acceptors (Lipinski definition) is 5. The minimum absolute atomic E-state index is 0.103. The Balaban J connectivity index is 2.02. The second-order valence-corrected chi connectivity index (χ2v) is 6.67. The molecule has 0 aliphatic heterocycles. The van der Waals surface area contributed by atoms with Gasteiger partial charge in [-0.1, -0.05) is 24.6 Å². The van der Waals surface area contributed by atoms with Crippen LogP contribution in [0.3, 0.4) is 0 Å². The summed E-state index contributed by atoms with van der Waals surface area (Å²) in [6.45, 7) is 6.23. The third kappa shape index (κ3) is 4.61. The van der Waals surface area contributed by atoms with E-state index in [1.165, 1.54) is 11.3 Å². The van der Waals surface area contributed by atoms with E-state index in [4.69, 9.17) is 16.3 Å². The van der Waals surface area contributed by atoms with Crippen LogP contribution < -0.4 is 15.4 Å². The minimum Gasteiger partial charge on any atom is -0.388 e. The van der Waals surface area contributed by atoms with Gasteiger partial charge in [0, 0.05) is 16.2 Å². The number of halogens is 1. The highest BCUT2D eigenvalue weighted by Crippen LogP contribution is 2.31. The Morgan fingerprint density at radius 1 is 1.45 bits per heavy atom. The summed E-state index contributed by atoms with van der Waals surface area (Å²) < 4.78 is 5.26. The molecular weight excluding hydrogens is 322 g/mol. The second kappa shape index (κ2) is 6.98. The third-order valence-electron chi connectivity index (χ3n) is 3.13. The molecular formula is C15H18ClN3O2S. The smallest absolute Gasteiger partial charge is 0.388 e. The highest BCUT2D eigenvalue weighted by molar-refractivity contribution is 7.14. The Kier molecular flexibility index (Phi) is 5.26. The van der Waals surface area contributed by atoms with Crippen molar-refractivity contribution < 1.29 is 9.53 Å². The topological polar surface area (TPSA) is 63.3 Å². The molecule has 0 atom stereocenters. The zero-order chi connectivity index (χ0) is 16.2. The molecule has 0 unspecified atom stereocenters. The van der Waals surface area contributed by atoms with E-state index in [0.29, 0.717) is 10.7 Å². The van der Waals surface area contributed by atoms with Gasteiger partial charge >= 0.3 is 6.09 Å². The summed E-state index contributed by atoms with van der Waals surface area (Å²) in [7, 11) is 0. The first-order chi connectivity index (χ1) is 10.4. The first-order valence-electron chi connectivity index (χ1n) is 6.86. The van der Waals surface area contributed by atoms with Crippen LogP contribution in [0, 0.1) is 0 Å². The molecule has 0 saturated heterocycles. The van der Waals surface area contributed by atoms with Gasteiger partial charge in [-0.15, -0.1) is 11.3 Å². The molecule has 2 N–H and O–H groups in total. The van der Waals surface area contributed by atoms with Gasteiger partial charge in [0.25, 0.3) is 5.88 Å². The maximum Gasteiger partial charge on any atom is 0.418 e. The summed E-state index contributed by atoms with van der Waals surface area (Å²) in [5, 5.41) is 7.21. The van der Waals surface area contributed by atoms with Crippen LogP contribution in [-0.4, -0.2) is 16.6 Å². The van der Waals surface area contributed by atoms with Crippen LogP contribution in [0.15, 0.2) is 29.8 Å². The molecule has 1 aromatic heterocycles. The molecule has 2 rings (SSSR count). The number of carbonyl (C=O) groups excluding carboxylic acids is 1. The van der Waals surface area contributed by atoms with Crippen LogP contribution >= 0.6 is 22.9 Å². The van der Waals surface area contributed by atoms with E-state index in [9.17, 15) is 4.79 Å². The van der Waals surface area contributed by atoms with Crippen LogP contribution in [0.1, 0.15) is 27.2 Å². The zero-order valence-corrected chi connectivity index (χ0v) is 14.2. The van der Waals surface area contributed by atoms with E-state index < -0.39 is 6.09 Å². The number of aromatic nitrogens is 1. The predicted molar refractivity (Wildman–Crippen MR) is 91.2 cm³/mol. The Morgan fingerprint density at radius 3 is 2.91 bits per heavy atom. The number of benzene rings is 1. The van der Waals surface area contributed by atoms with E-state index in [1.807, 2.05) is 0 Å². The summed E-state index contributed by atoms with van der Waals surface area (Å²) in [5.41, 5.74) is 2.10. The van der Waals surface area contributed by atoms with Crippen LogP contribution in [0.25, 0.3) is 0 Å². The Bertz CT molecular complexity index is 658. The average Bonchev–Trinajstić information content (AvgIpc) is 2.85. The normalized spacial score (nSPS) is 11.1. The minimum atomic E-state index is -0.606. The molecule has 118 valence electrons. The van der Waals surface area contributed by atoms with Crippen molar-refractivity contribution >= 4 is 39.7 Å². The number of amides is 1. The molecule has 0 fully saturated rings. The molecule has 7 heteroatoms. The van der Waals surface area contributed by atoms with Crippen molar-refractivity contribution in [1.29, 1.82) is 0 Å². The molecule has 5 nitrogen and oxygen atoms in total. The maximum absolute atomic E-state index is 11.9. The van der Waals surface area contributed by atoms with E-state index in [-0.39, 0.29) is 11.4 Å². The largest absolute Gasteiger partial charge is 0.418 e. The summed E-state index contributed by atoms with van der Waals surface area (Å²) in [4.78, 5) is 16.0. The lowest BCUT2D eigenvalue weighted by Crippen LogP contribution is -2.29. The van der Waals surface area contributed by atoms with Crippen molar-refractivity contribution in [1.82, 2.24) is 4.98 Å². The highest BCUT2D eigenvalue weighted by Gasteiger charge is 2.20. The molecule has 22 heavy (non-hydrogen) atoms. The maximum atomic E-state index is 11.9. The Morgan fingerprint density at radius 2 is 2.23 bits per heavy atom. The molecule has 2 aromatic rings. The van der Waals surface area contributed by atoms with E-state index in [1.54, 1.807) is 29.8 Å². The number of hydrogen-bond donors (Lipinski definition) is 2. The summed E-state index contributed by atoms with van der Waals surface area (Å²) in [6, 6.07) is 6.85. The van der Waals surface area contributed by atoms with Crippen molar-refractivity contribution in [3.05, 3.63) is 34.8 Å². The molecule has 0 aliphatic rings. The van der Waals surface area contributed by atoms with Gasteiger partial charge in [-0.05, 0) is 38.5 Å². The summed E-state index contributed by atoms with van der Waals surface area (Å²) in [6.07, 6.45) is 0.324. The van der Waals surface area contributed by atoms with Gasteiger partial charge in [-0.2, -0.15) is 0 Å². The first-order valence-corrected chi connectivity index (χ1v) is 8.11. The van der Waals surface area contributed by atoms with Gasteiger partial charge in [0.1, 0.15) is 0 Å². The number of nitrogens with zero attached hydrogens (tertiary/aromatic N) is 1. The van der Waals surface area contributed by atoms with Gasteiger partial charge in [-0.25, -0.2) is 9.78 Å². The predicted octanol–water partition coefficient (Wildman–Crippen LogP) is 5.01. The Hall–Kier alpha value is -1.79. The average molecular weight is 340 g/mol. The second-order valence-electron chi connectivity index (χ2n) is 5.37. The van der Waals surface area contributed by atoms with Gasteiger partial charge in [-0.3, -0.25) is 5.32 Å². The van der Waals surface area contributed by atoms with Crippen molar-refractivity contribution in [3.8, 4) is 5.88 Å². The van der Waals surface area contributed by atoms with Gasteiger partial charge in [0.05, 0.1) is 5.51 Å². The van der Waals surface area contributed by atoms with Gasteiger partial charge < -0.3 is 10.1 Å². The van der Waals surface area contributed by atoms with Crippen molar-refractivity contribution in [2.45, 2.75) is 32.7 Å². The number of carbonyl (C=O) groups is 1. The fourth-order valence-electron chi connectivity index (χ4n) is 1.58. The van der Waals surface area contributed by atoms with Gasteiger partial charge in [0.15, 0.2) is 5.00 Å².